The predicted octanol–water partition coefficient (Wildman–Crippen LogP) is 3.20. The minimum atomic E-state index is -3.57. The van der Waals surface area contributed by atoms with Gasteiger partial charge in [0.15, 0.2) is 0 Å². The summed E-state index contributed by atoms with van der Waals surface area (Å²) >= 11 is 0. The molecule has 0 saturated heterocycles. The maximum absolute atomic E-state index is 12.6. The number of nitrogens with one attached hydrogen (secondary N) is 2. The van der Waals surface area contributed by atoms with Crippen LogP contribution in [0.25, 0.3) is 16.8 Å². The summed E-state index contributed by atoms with van der Waals surface area (Å²) in [5.74, 6) is 0. The lowest BCUT2D eigenvalue weighted by Gasteiger charge is -2.15. The highest BCUT2D eigenvalue weighted by molar-refractivity contribution is 7.89. The Bertz CT molecular complexity index is 1020. The van der Waals surface area contributed by atoms with Gasteiger partial charge in [0, 0.05) is 36.9 Å². The number of fused-ring (bicyclic) bond motifs is 1. The molecule has 0 spiro atoms. The number of sulfonamides is 1. The maximum Gasteiger partial charge on any atom is 0.240 e. The topological polar surface area (TPSA) is 71.1 Å². The van der Waals surface area contributed by atoms with Gasteiger partial charge in [0.05, 0.1) is 4.90 Å². The predicted molar refractivity (Wildman–Crippen MR) is 110 cm³/mol. The Kier molecular flexibility index (Phi) is 6.34. The van der Waals surface area contributed by atoms with Crippen LogP contribution in [-0.2, 0) is 10.0 Å². The van der Waals surface area contributed by atoms with Crippen LogP contribution in [0.15, 0.2) is 78.0 Å². The molecular weight excluding hydrogens is 358 g/mol. The molecular formula is C21H23N3O2S. The lowest BCUT2D eigenvalue weighted by molar-refractivity contribution is 0.545. The molecule has 1 aromatic heterocycles. The Morgan fingerprint density at radius 3 is 2.70 bits per heavy atom. The summed E-state index contributed by atoms with van der Waals surface area (Å²) < 4.78 is 27.9. The molecule has 0 radical (unpaired) electrons. The molecule has 0 aliphatic carbocycles. The Morgan fingerprint density at radius 1 is 1.07 bits per heavy atom. The van der Waals surface area contributed by atoms with Crippen LogP contribution in [0.2, 0.25) is 0 Å². The molecule has 0 aliphatic rings. The summed E-state index contributed by atoms with van der Waals surface area (Å²) in [7, 11) is -3.57. The molecule has 0 amide bonds. The van der Waals surface area contributed by atoms with Gasteiger partial charge in [-0.05, 0) is 36.1 Å². The molecule has 5 nitrogen and oxygen atoms in total. The summed E-state index contributed by atoms with van der Waals surface area (Å²) in [6.45, 7) is 3.05. The normalized spacial score (nSPS) is 13.2. The summed E-state index contributed by atoms with van der Waals surface area (Å²) in [6.07, 6.45) is 7.43. The Hall–Kier alpha value is -2.54. The van der Waals surface area contributed by atoms with Crippen LogP contribution in [0.5, 0.6) is 0 Å². The minimum Gasteiger partial charge on any atom is -0.312 e. The zero-order chi connectivity index (χ0) is 19.1. The molecule has 3 aromatic rings. The van der Waals surface area contributed by atoms with Crippen molar-refractivity contribution >= 4 is 26.9 Å². The second-order valence-corrected chi connectivity index (χ2v) is 8.09. The fourth-order valence-electron chi connectivity index (χ4n) is 2.75. The van der Waals surface area contributed by atoms with Crippen LogP contribution in [-0.4, -0.2) is 32.5 Å². The minimum absolute atomic E-state index is 0.228. The van der Waals surface area contributed by atoms with Crippen LogP contribution in [0.1, 0.15) is 12.5 Å². The van der Waals surface area contributed by atoms with Crippen molar-refractivity contribution in [3.8, 4) is 0 Å². The highest BCUT2D eigenvalue weighted by Gasteiger charge is 2.17. The Morgan fingerprint density at radius 2 is 1.89 bits per heavy atom. The van der Waals surface area contributed by atoms with Gasteiger partial charge in [0.25, 0.3) is 0 Å². The van der Waals surface area contributed by atoms with Crippen molar-refractivity contribution < 1.29 is 8.42 Å². The molecule has 27 heavy (non-hydrogen) atoms. The first-order valence-corrected chi connectivity index (χ1v) is 10.3. The largest absolute Gasteiger partial charge is 0.312 e. The average molecular weight is 382 g/mol. The SMILES string of the molecule is C[C@H](CNC/C=C/c1ccccc1)NS(=O)(=O)c1ccc2cnccc2c1. The molecule has 0 aliphatic heterocycles. The lowest BCUT2D eigenvalue weighted by Crippen LogP contribution is -2.39. The number of hydrogen-bond donors (Lipinski definition) is 2. The van der Waals surface area contributed by atoms with E-state index in [0.29, 0.717) is 13.1 Å². The van der Waals surface area contributed by atoms with Crippen LogP contribution in [0.3, 0.4) is 0 Å². The Labute approximate surface area is 160 Å². The standard InChI is InChI=1S/C21H23N3O2S/c1-17(15-22-12-5-8-18-6-3-2-4-7-18)24-27(25,26)21-10-9-20-16-23-13-11-19(20)14-21/h2-11,13-14,16-17,22,24H,12,15H2,1H3/b8-5+/t17-/m1/s1. The van der Waals surface area contributed by atoms with E-state index >= 15 is 0 Å². The van der Waals surface area contributed by atoms with Crippen molar-refractivity contribution in [3.05, 3.63) is 78.6 Å². The van der Waals surface area contributed by atoms with E-state index in [1.165, 1.54) is 0 Å². The van der Waals surface area contributed by atoms with E-state index in [9.17, 15) is 8.42 Å². The van der Waals surface area contributed by atoms with Crippen molar-refractivity contribution in [2.45, 2.75) is 17.9 Å². The quantitative estimate of drug-likeness (QED) is 0.588. The van der Waals surface area contributed by atoms with Crippen LogP contribution in [0, 0.1) is 0 Å². The van der Waals surface area contributed by atoms with E-state index in [1.54, 1.807) is 36.7 Å². The van der Waals surface area contributed by atoms with Crippen LogP contribution < -0.4 is 10.0 Å². The lowest BCUT2D eigenvalue weighted by atomic mass is 10.2. The highest BCUT2D eigenvalue weighted by atomic mass is 32.2. The van der Waals surface area contributed by atoms with Gasteiger partial charge < -0.3 is 5.32 Å². The monoisotopic (exact) mass is 381 g/mol. The summed E-state index contributed by atoms with van der Waals surface area (Å²) in [4.78, 5) is 4.30. The van der Waals surface area contributed by atoms with Crippen molar-refractivity contribution in [2.75, 3.05) is 13.1 Å². The third-order valence-corrected chi connectivity index (χ3v) is 5.69. The fraction of sp³-hybridized carbons (Fsp3) is 0.190. The first-order valence-electron chi connectivity index (χ1n) is 8.83. The first kappa shape index (κ1) is 19.2. The molecule has 1 atom stereocenters. The number of pyridine rings is 1. The molecule has 3 rings (SSSR count). The smallest absolute Gasteiger partial charge is 0.240 e. The van der Waals surface area contributed by atoms with Gasteiger partial charge in [-0.1, -0.05) is 48.6 Å². The van der Waals surface area contributed by atoms with Crippen molar-refractivity contribution in [3.63, 3.8) is 0 Å². The van der Waals surface area contributed by atoms with Gasteiger partial charge in [-0.25, -0.2) is 13.1 Å². The third-order valence-electron chi connectivity index (χ3n) is 4.10. The van der Waals surface area contributed by atoms with Gasteiger partial charge >= 0.3 is 0 Å². The van der Waals surface area contributed by atoms with Gasteiger partial charge in [0.2, 0.25) is 10.0 Å². The van der Waals surface area contributed by atoms with Crippen LogP contribution >= 0.6 is 0 Å². The van der Waals surface area contributed by atoms with E-state index in [2.05, 4.69) is 15.0 Å². The third kappa shape index (κ3) is 5.47. The number of hydrogen-bond acceptors (Lipinski definition) is 4. The Balaban J connectivity index is 1.52. The molecule has 0 bridgehead atoms. The summed E-state index contributed by atoms with van der Waals surface area (Å²) in [5.41, 5.74) is 1.14. The van der Waals surface area contributed by atoms with Gasteiger partial charge in [0.1, 0.15) is 0 Å². The van der Waals surface area contributed by atoms with Crippen molar-refractivity contribution in [1.29, 1.82) is 0 Å². The molecule has 1 heterocycles. The van der Waals surface area contributed by atoms with Crippen molar-refractivity contribution in [2.24, 2.45) is 0 Å². The van der Waals surface area contributed by atoms with Gasteiger partial charge in [-0.15, -0.1) is 0 Å². The van der Waals surface area contributed by atoms with E-state index in [-0.39, 0.29) is 10.9 Å². The average Bonchev–Trinajstić information content (AvgIpc) is 2.68. The second kappa shape index (κ2) is 8.90. The van der Waals surface area contributed by atoms with E-state index in [4.69, 9.17) is 0 Å². The molecule has 0 unspecified atom stereocenters. The van der Waals surface area contributed by atoms with Crippen LogP contribution in [0.4, 0.5) is 0 Å². The summed E-state index contributed by atoms with van der Waals surface area (Å²) in [6, 6.07) is 16.7. The molecule has 2 N–H and O–H groups in total. The van der Waals surface area contributed by atoms with Gasteiger partial charge in [-0.2, -0.15) is 0 Å². The highest BCUT2D eigenvalue weighted by Crippen LogP contribution is 2.18. The van der Waals surface area contributed by atoms with E-state index < -0.39 is 10.0 Å². The summed E-state index contributed by atoms with van der Waals surface area (Å²) in [5, 5.41) is 5.00. The van der Waals surface area contributed by atoms with Crippen molar-refractivity contribution in [1.82, 2.24) is 15.0 Å². The fourth-order valence-corrected chi connectivity index (χ4v) is 4.02. The molecule has 0 fully saturated rings. The molecule has 6 heteroatoms. The number of nitrogens with zero attached hydrogens (tertiary/aromatic N) is 1. The van der Waals surface area contributed by atoms with E-state index in [0.717, 1.165) is 16.3 Å². The maximum atomic E-state index is 12.6. The zero-order valence-corrected chi connectivity index (χ0v) is 16.0. The zero-order valence-electron chi connectivity index (χ0n) is 15.2. The number of aromatic nitrogens is 1. The van der Waals surface area contributed by atoms with Gasteiger partial charge in [-0.3, -0.25) is 4.98 Å². The second-order valence-electron chi connectivity index (χ2n) is 6.38. The molecule has 2 aromatic carbocycles. The number of rotatable bonds is 8. The molecule has 140 valence electrons. The first-order chi connectivity index (χ1) is 13.0. The number of benzene rings is 2. The van der Waals surface area contributed by atoms with E-state index in [1.807, 2.05) is 49.4 Å². The molecule has 0 saturated carbocycles.